The molecule has 2 aromatic carbocycles. The van der Waals surface area contributed by atoms with E-state index in [-0.39, 0.29) is 29.2 Å². The van der Waals surface area contributed by atoms with E-state index in [9.17, 15) is 19.6 Å². The Morgan fingerprint density at radius 3 is 2.81 bits per heavy atom. The molecule has 0 saturated heterocycles. The summed E-state index contributed by atoms with van der Waals surface area (Å²) < 4.78 is 14.1. The molecule has 3 aromatic rings. The number of hydrogen-bond acceptors (Lipinski definition) is 5. The number of aromatic hydroxyl groups is 1. The number of nitrogens with zero attached hydrogens (tertiary/aromatic N) is 2. The lowest BCUT2D eigenvalue weighted by Crippen LogP contribution is -2.14. The Hall–Kier alpha value is -3.50. The molecule has 4 rings (SSSR count). The van der Waals surface area contributed by atoms with Crippen molar-refractivity contribution in [3.05, 3.63) is 64.1 Å². The van der Waals surface area contributed by atoms with Crippen molar-refractivity contribution in [1.29, 1.82) is 5.26 Å². The Kier molecular flexibility index (Phi) is 4.18. The number of aliphatic imine (C=N–C) groups is 1. The summed E-state index contributed by atoms with van der Waals surface area (Å²) in [7, 11) is 0. The molecule has 1 aromatic heterocycles. The molecular weight excluding hydrogens is 365 g/mol. The maximum Gasteiger partial charge on any atom is 0.230 e. The minimum atomic E-state index is -0.478. The average molecular weight is 377 g/mol. The van der Waals surface area contributed by atoms with Gasteiger partial charge in [0.25, 0.3) is 0 Å². The second-order valence-electron chi connectivity index (χ2n) is 5.93. The van der Waals surface area contributed by atoms with E-state index in [1.807, 2.05) is 0 Å². The zero-order chi connectivity index (χ0) is 19.0. The van der Waals surface area contributed by atoms with Crippen LogP contribution in [0.2, 0.25) is 0 Å². The minimum Gasteiger partial charge on any atom is -0.507 e. The van der Waals surface area contributed by atoms with Crippen molar-refractivity contribution in [1.82, 2.24) is 0 Å². The highest BCUT2D eigenvalue weighted by Crippen LogP contribution is 2.41. The number of halogens is 1. The van der Waals surface area contributed by atoms with E-state index in [4.69, 9.17) is 0 Å². The molecule has 0 bridgehead atoms. The van der Waals surface area contributed by atoms with E-state index >= 15 is 0 Å². The molecule has 0 saturated carbocycles. The second kappa shape index (κ2) is 6.67. The van der Waals surface area contributed by atoms with E-state index in [2.05, 4.69) is 16.4 Å². The number of carbonyl (C=O) groups excluding carboxylic acids is 1. The molecule has 0 spiro atoms. The van der Waals surface area contributed by atoms with Gasteiger partial charge in [0, 0.05) is 17.2 Å². The zero-order valence-electron chi connectivity index (χ0n) is 13.9. The molecule has 0 radical (unpaired) electrons. The molecule has 27 heavy (non-hydrogen) atoms. The quantitative estimate of drug-likeness (QED) is 0.640. The number of rotatable bonds is 2. The first kappa shape index (κ1) is 16.9. The number of phenolic OH excluding ortho intramolecular Hbond substituents is 1. The third-order valence-electron chi connectivity index (χ3n) is 4.18. The summed E-state index contributed by atoms with van der Waals surface area (Å²) in [6.07, 6.45) is -0.000331. The highest BCUT2D eigenvalue weighted by Gasteiger charge is 2.22. The van der Waals surface area contributed by atoms with Crippen LogP contribution >= 0.6 is 11.3 Å². The number of nitrogens with one attached hydrogen (secondary N) is 1. The van der Waals surface area contributed by atoms with Crippen LogP contribution in [0.15, 0.2) is 52.8 Å². The molecular formula is C20H12FN3O2S. The molecule has 0 unspecified atom stereocenters. The van der Waals surface area contributed by atoms with Gasteiger partial charge in [-0.25, -0.2) is 9.38 Å². The Morgan fingerprint density at radius 1 is 1.22 bits per heavy atom. The third-order valence-corrected chi connectivity index (χ3v) is 5.15. The number of nitriles is 1. The van der Waals surface area contributed by atoms with Gasteiger partial charge in [0.2, 0.25) is 5.91 Å². The first-order valence-electron chi connectivity index (χ1n) is 8.04. The number of carbonyl (C=O) groups is 1. The van der Waals surface area contributed by atoms with Crippen LogP contribution < -0.4 is 5.32 Å². The van der Waals surface area contributed by atoms with Crippen molar-refractivity contribution in [3.8, 4) is 22.9 Å². The lowest BCUT2D eigenvalue weighted by molar-refractivity contribution is -0.115. The van der Waals surface area contributed by atoms with Crippen molar-refractivity contribution < 1.29 is 14.3 Å². The van der Waals surface area contributed by atoms with Crippen molar-refractivity contribution in [2.75, 3.05) is 5.32 Å². The third kappa shape index (κ3) is 3.07. The van der Waals surface area contributed by atoms with E-state index in [1.165, 1.54) is 29.5 Å². The maximum absolute atomic E-state index is 14.1. The van der Waals surface area contributed by atoms with Gasteiger partial charge in [-0.2, -0.15) is 5.26 Å². The molecule has 0 aliphatic carbocycles. The topological polar surface area (TPSA) is 85.5 Å². The van der Waals surface area contributed by atoms with Crippen LogP contribution in [0.4, 0.5) is 15.8 Å². The summed E-state index contributed by atoms with van der Waals surface area (Å²) in [5.74, 6) is -0.922. The fraction of sp³-hybridized carbons (Fsp3) is 0.0500. The predicted molar refractivity (Wildman–Crippen MR) is 102 cm³/mol. The number of phenols is 1. The lowest BCUT2D eigenvalue weighted by atomic mass is 10.0. The van der Waals surface area contributed by atoms with Gasteiger partial charge in [-0.05, 0) is 23.6 Å². The molecule has 0 atom stereocenters. The van der Waals surface area contributed by atoms with E-state index in [0.717, 1.165) is 0 Å². The largest absolute Gasteiger partial charge is 0.507 e. The summed E-state index contributed by atoms with van der Waals surface area (Å²) in [4.78, 5) is 17.5. The van der Waals surface area contributed by atoms with Crippen LogP contribution in [-0.4, -0.2) is 16.7 Å². The maximum atomic E-state index is 14.1. The smallest absolute Gasteiger partial charge is 0.230 e. The molecule has 1 aliphatic rings. The average Bonchev–Trinajstić information content (AvgIpc) is 3.06. The molecule has 5 nitrogen and oxygen atoms in total. The van der Waals surface area contributed by atoms with Gasteiger partial charge in [0.05, 0.1) is 33.9 Å². The van der Waals surface area contributed by atoms with Crippen molar-refractivity contribution in [2.24, 2.45) is 4.99 Å². The van der Waals surface area contributed by atoms with Gasteiger partial charge in [0.15, 0.2) is 0 Å². The van der Waals surface area contributed by atoms with E-state index in [1.54, 1.807) is 29.6 Å². The molecule has 1 aliphatic heterocycles. The van der Waals surface area contributed by atoms with Gasteiger partial charge in [-0.15, -0.1) is 11.3 Å². The zero-order valence-corrected chi connectivity index (χ0v) is 14.7. The summed E-state index contributed by atoms with van der Waals surface area (Å²) in [5.41, 5.74) is 2.12. The van der Waals surface area contributed by atoms with Crippen LogP contribution in [0.25, 0.3) is 11.1 Å². The number of fused-ring (bicyclic) bond motifs is 1. The van der Waals surface area contributed by atoms with Crippen molar-refractivity contribution in [3.63, 3.8) is 0 Å². The van der Waals surface area contributed by atoms with Gasteiger partial charge >= 0.3 is 0 Å². The summed E-state index contributed by atoms with van der Waals surface area (Å²) in [5, 5.41) is 24.2. The molecule has 2 N–H and O–H groups in total. The number of amides is 1. The van der Waals surface area contributed by atoms with Crippen LogP contribution in [0, 0.1) is 17.1 Å². The minimum absolute atomic E-state index is 0.000331. The Labute approximate surface area is 158 Å². The summed E-state index contributed by atoms with van der Waals surface area (Å²) in [6, 6.07) is 12.7. The molecule has 7 heteroatoms. The molecule has 2 heterocycles. The van der Waals surface area contributed by atoms with Crippen LogP contribution in [0.5, 0.6) is 5.75 Å². The van der Waals surface area contributed by atoms with Gasteiger partial charge in [0.1, 0.15) is 17.6 Å². The molecule has 0 fully saturated rings. The number of thiophene rings is 1. The lowest BCUT2D eigenvalue weighted by Gasteiger charge is -2.11. The van der Waals surface area contributed by atoms with Gasteiger partial charge in [-0.1, -0.05) is 18.2 Å². The van der Waals surface area contributed by atoms with Crippen molar-refractivity contribution >= 4 is 34.3 Å². The SMILES string of the molecule is N#Cc1ccsc1C1=Nc2cc(O)c(-c3ccccc3F)cc2NC(=O)C1. The highest BCUT2D eigenvalue weighted by atomic mass is 32.1. The molecule has 1 amide bonds. The van der Waals surface area contributed by atoms with Crippen molar-refractivity contribution in [2.45, 2.75) is 6.42 Å². The summed E-state index contributed by atoms with van der Waals surface area (Å²) in [6.45, 7) is 0. The van der Waals surface area contributed by atoms with E-state index in [0.29, 0.717) is 27.5 Å². The van der Waals surface area contributed by atoms with E-state index < -0.39 is 5.82 Å². The first-order valence-corrected chi connectivity index (χ1v) is 8.92. The second-order valence-corrected chi connectivity index (χ2v) is 6.84. The van der Waals surface area contributed by atoms with Gasteiger partial charge in [-0.3, -0.25) is 4.79 Å². The van der Waals surface area contributed by atoms with Crippen LogP contribution in [-0.2, 0) is 4.79 Å². The Balaban J connectivity index is 1.87. The van der Waals surface area contributed by atoms with Crippen LogP contribution in [0.3, 0.4) is 0 Å². The predicted octanol–water partition coefficient (Wildman–Crippen LogP) is 4.59. The standard InChI is InChI=1S/C20H12FN3O2S/c21-14-4-2-1-3-12(14)13-7-15-16(8-18(13)25)23-17(9-19(26)24-15)20-11(10-22)5-6-27-20/h1-8,25H,9H2,(H,24,26). The van der Waals surface area contributed by atoms with Crippen LogP contribution in [0.1, 0.15) is 16.9 Å². The normalized spacial score (nSPS) is 13.2. The number of anilines is 1. The number of hydrogen-bond donors (Lipinski definition) is 2. The fourth-order valence-corrected chi connectivity index (χ4v) is 3.78. The Morgan fingerprint density at radius 2 is 2.04 bits per heavy atom. The molecule has 132 valence electrons. The monoisotopic (exact) mass is 377 g/mol. The highest BCUT2D eigenvalue weighted by molar-refractivity contribution is 7.12. The summed E-state index contributed by atoms with van der Waals surface area (Å²) >= 11 is 1.33. The Bertz CT molecular complexity index is 1140. The van der Waals surface area contributed by atoms with Gasteiger partial charge < -0.3 is 10.4 Å². The fourth-order valence-electron chi connectivity index (χ4n) is 2.95. The first-order chi connectivity index (χ1) is 13.1. The number of benzene rings is 2.